The molecule has 28 heavy (non-hydrogen) atoms. The van der Waals surface area contributed by atoms with Crippen LogP contribution in [0.5, 0.6) is 5.75 Å². The van der Waals surface area contributed by atoms with Gasteiger partial charge in [-0.1, -0.05) is 17.7 Å². The highest BCUT2D eigenvalue weighted by Crippen LogP contribution is 2.31. The molecule has 1 saturated heterocycles. The van der Waals surface area contributed by atoms with Gasteiger partial charge < -0.3 is 9.64 Å². The average molecular weight is 467 g/mol. The number of anilines is 1. The molecule has 0 spiro atoms. The highest BCUT2D eigenvalue weighted by atomic mass is 79.9. The summed E-state index contributed by atoms with van der Waals surface area (Å²) in [6, 6.07) is 11.7. The second-order valence-electron chi connectivity index (χ2n) is 6.73. The topological polar surface area (TPSA) is 66.9 Å². The summed E-state index contributed by atoms with van der Waals surface area (Å²) in [5.74, 6) is 0.350. The van der Waals surface area contributed by atoms with Crippen molar-refractivity contribution in [1.29, 1.82) is 0 Å². The first-order chi connectivity index (χ1) is 13.3. The minimum Gasteiger partial charge on any atom is -0.496 e. The lowest BCUT2D eigenvalue weighted by molar-refractivity contribution is -0.128. The van der Waals surface area contributed by atoms with Crippen LogP contribution < -0.4 is 9.04 Å². The molecular weight excluding hydrogens is 444 g/mol. The van der Waals surface area contributed by atoms with E-state index >= 15 is 0 Å². The maximum Gasteiger partial charge on any atom is 0.264 e. The number of carbonyl (C=O) groups excluding carboxylic acids is 1. The summed E-state index contributed by atoms with van der Waals surface area (Å²) in [4.78, 5) is 14.5. The summed E-state index contributed by atoms with van der Waals surface area (Å²) in [6.07, 6.45) is 1.91. The smallest absolute Gasteiger partial charge is 0.264 e. The highest BCUT2D eigenvalue weighted by Gasteiger charge is 2.30. The largest absolute Gasteiger partial charge is 0.496 e. The number of nitrogens with zero attached hydrogens (tertiary/aromatic N) is 2. The number of rotatable bonds is 6. The van der Waals surface area contributed by atoms with Crippen molar-refractivity contribution in [1.82, 2.24) is 4.90 Å². The Kier molecular flexibility index (Phi) is 6.30. The molecule has 0 bridgehead atoms. The minimum atomic E-state index is -3.94. The van der Waals surface area contributed by atoms with Gasteiger partial charge in [-0.25, -0.2) is 8.42 Å². The molecule has 0 unspecified atom stereocenters. The van der Waals surface area contributed by atoms with Gasteiger partial charge in [-0.2, -0.15) is 0 Å². The Balaban J connectivity index is 2.00. The maximum atomic E-state index is 13.4. The number of hydrogen-bond acceptors (Lipinski definition) is 4. The van der Waals surface area contributed by atoms with Crippen molar-refractivity contribution in [3.63, 3.8) is 0 Å². The van der Waals surface area contributed by atoms with Gasteiger partial charge in [0.05, 0.1) is 22.2 Å². The van der Waals surface area contributed by atoms with Crippen molar-refractivity contribution in [3.8, 4) is 5.75 Å². The predicted molar refractivity (Wildman–Crippen MR) is 112 cm³/mol. The minimum absolute atomic E-state index is 0.0926. The van der Waals surface area contributed by atoms with E-state index in [9.17, 15) is 13.2 Å². The number of sulfonamides is 1. The van der Waals surface area contributed by atoms with Gasteiger partial charge in [-0.05, 0) is 66.0 Å². The van der Waals surface area contributed by atoms with E-state index in [1.165, 1.54) is 23.5 Å². The molecule has 1 amide bonds. The molecule has 0 aromatic heterocycles. The van der Waals surface area contributed by atoms with Crippen LogP contribution in [-0.4, -0.2) is 46.0 Å². The number of ether oxygens (including phenoxy) is 1. The number of carbonyl (C=O) groups is 1. The number of aryl methyl sites for hydroxylation is 1. The fourth-order valence-corrected chi connectivity index (χ4v) is 5.28. The van der Waals surface area contributed by atoms with E-state index in [-0.39, 0.29) is 17.3 Å². The van der Waals surface area contributed by atoms with E-state index in [4.69, 9.17) is 4.74 Å². The zero-order valence-electron chi connectivity index (χ0n) is 15.9. The number of benzene rings is 2. The summed E-state index contributed by atoms with van der Waals surface area (Å²) < 4.78 is 33.7. The zero-order valence-corrected chi connectivity index (χ0v) is 18.3. The third-order valence-corrected chi connectivity index (χ3v) is 7.16. The van der Waals surface area contributed by atoms with E-state index in [0.29, 0.717) is 29.0 Å². The van der Waals surface area contributed by atoms with Crippen LogP contribution in [0.1, 0.15) is 18.4 Å². The third-order valence-electron chi connectivity index (χ3n) is 4.77. The molecule has 2 aromatic carbocycles. The van der Waals surface area contributed by atoms with Crippen LogP contribution in [0.3, 0.4) is 0 Å². The molecule has 8 heteroatoms. The molecule has 1 heterocycles. The molecule has 3 rings (SSSR count). The van der Waals surface area contributed by atoms with Gasteiger partial charge in [0.1, 0.15) is 12.3 Å². The molecule has 2 aromatic rings. The monoisotopic (exact) mass is 466 g/mol. The van der Waals surface area contributed by atoms with Gasteiger partial charge in [-0.3, -0.25) is 9.10 Å². The Morgan fingerprint density at radius 1 is 1.14 bits per heavy atom. The quantitative estimate of drug-likeness (QED) is 0.652. The first-order valence-corrected chi connectivity index (χ1v) is 11.3. The molecule has 0 aliphatic carbocycles. The molecule has 150 valence electrons. The summed E-state index contributed by atoms with van der Waals surface area (Å²) in [7, 11) is -2.42. The second kappa shape index (κ2) is 8.53. The fraction of sp³-hybridized carbons (Fsp3) is 0.350. The van der Waals surface area contributed by atoms with E-state index in [1.807, 2.05) is 19.1 Å². The van der Waals surface area contributed by atoms with Crippen molar-refractivity contribution in [2.24, 2.45) is 0 Å². The Labute approximate surface area is 174 Å². The summed E-state index contributed by atoms with van der Waals surface area (Å²) in [5.41, 5.74) is 1.48. The van der Waals surface area contributed by atoms with Crippen LogP contribution in [0.2, 0.25) is 0 Å². The molecule has 6 nitrogen and oxygen atoms in total. The van der Waals surface area contributed by atoms with Crippen LogP contribution in [0.25, 0.3) is 0 Å². The number of methoxy groups -OCH3 is 1. The molecule has 0 atom stereocenters. The standard InChI is InChI=1S/C20H23BrN2O4S/c1-15-5-7-16(8-6-15)23(14-20(24)22-11-3-4-12-22)28(25,26)17-9-10-19(27-2)18(21)13-17/h5-10,13H,3-4,11-12,14H2,1-2H3. The van der Waals surface area contributed by atoms with E-state index in [2.05, 4.69) is 15.9 Å². The van der Waals surface area contributed by atoms with Crippen LogP contribution in [0, 0.1) is 6.92 Å². The maximum absolute atomic E-state index is 13.4. The first kappa shape index (κ1) is 20.7. The van der Waals surface area contributed by atoms with Crippen LogP contribution in [-0.2, 0) is 14.8 Å². The van der Waals surface area contributed by atoms with Crippen molar-refractivity contribution < 1.29 is 17.9 Å². The van der Waals surface area contributed by atoms with E-state index in [0.717, 1.165) is 18.4 Å². The van der Waals surface area contributed by atoms with Crippen molar-refractivity contribution >= 4 is 37.5 Å². The van der Waals surface area contributed by atoms with Crippen molar-refractivity contribution in [2.75, 3.05) is 31.0 Å². The number of hydrogen-bond donors (Lipinski definition) is 0. The third kappa shape index (κ3) is 4.33. The number of likely N-dealkylation sites (tertiary alicyclic amines) is 1. The highest BCUT2D eigenvalue weighted by molar-refractivity contribution is 9.10. The van der Waals surface area contributed by atoms with Gasteiger partial charge in [0.15, 0.2) is 0 Å². The zero-order chi connectivity index (χ0) is 20.3. The Morgan fingerprint density at radius 3 is 2.36 bits per heavy atom. The van der Waals surface area contributed by atoms with Gasteiger partial charge >= 0.3 is 0 Å². The first-order valence-electron chi connectivity index (χ1n) is 9.03. The van der Waals surface area contributed by atoms with Crippen LogP contribution >= 0.6 is 15.9 Å². The molecule has 0 saturated carbocycles. The fourth-order valence-electron chi connectivity index (χ4n) is 3.15. The second-order valence-corrected chi connectivity index (χ2v) is 9.45. The van der Waals surface area contributed by atoms with E-state index < -0.39 is 10.0 Å². The van der Waals surface area contributed by atoms with E-state index in [1.54, 1.807) is 23.1 Å². The summed E-state index contributed by atoms with van der Waals surface area (Å²) in [5, 5.41) is 0. The SMILES string of the molecule is COc1ccc(S(=O)(=O)N(CC(=O)N2CCCC2)c2ccc(C)cc2)cc1Br. The molecule has 1 aliphatic rings. The van der Waals surface area contributed by atoms with Gasteiger partial charge in [0, 0.05) is 13.1 Å². The van der Waals surface area contributed by atoms with Crippen LogP contribution in [0.15, 0.2) is 51.8 Å². The molecule has 0 radical (unpaired) electrons. The molecule has 0 N–H and O–H groups in total. The number of halogens is 1. The van der Waals surface area contributed by atoms with Gasteiger partial charge in [0.25, 0.3) is 10.0 Å². The van der Waals surface area contributed by atoms with Gasteiger partial charge in [0.2, 0.25) is 5.91 Å². The lowest BCUT2D eigenvalue weighted by atomic mass is 10.2. The summed E-state index contributed by atoms with van der Waals surface area (Å²) >= 11 is 3.34. The molecular formula is C20H23BrN2O4S. The molecule has 1 fully saturated rings. The Morgan fingerprint density at radius 2 is 1.79 bits per heavy atom. The lowest BCUT2D eigenvalue weighted by Crippen LogP contribution is -2.42. The van der Waals surface area contributed by atoms with Crippen molar-refractivity contribution in [3.05, 3.63) is 52.5 Å². The lowest BCUT2D eigenvalue weighted by Gasteiger charge is -2.26. The van der Waals surface area contributed by atoms with Crippen LogP contribution in [0.4, 0.5) is 5.69 Å². The average Bonchev–Trinajstić information content (AvgIpc) is 3.21. The van der Waals surface area contributed by atoms with Gasteiger partial charge in [-0.15, -0.1) is 0 Å². The Bertz CT molecular complexity index is 955. The van der Waals surface area contributed by atoms with Crippen molar-refractivity contribution in [2.45, 2.75) is 24.7 Å². The normalized spacial score (nSPS) is 14.2. The summed E-state index contributed by atoms with van der Waals surface area (Å²) in [6.45, 7) is 3.05. The molecule has 1 aliphatic heterocycles. The predicted octanol–water partition coefficient (Wildman–Crippen LogP) is 3.58. The Hall–Kier alpha value is -2.06. The number of amides is 1.